The Balaban J connectivity index is 2.28. The summed E-state index contributed by atoms with van der Waals surface area (Å²) in [6.45, 7) is 12.3. The van der Waals surface area contributed by atoms with Gasteiger partial charge in [-0.1, -0.05) is 45.0 Å². The van der Waals surface area contributed by atoms with Gasteiger partial charge >= 0.3 is 0 Å². The van der Waals surface area contributed by atoms with Gasteiger partial charge in [-0.3, -0.25) is 0 Å². The number of nitrogens with one attached hydrogen (secondary N) is 1. The zero-order valence-corrected chi connectivity index (χ0v) is 18.1. The van der Waals surface area contributed by atoms with E-state index in [9.17, 15) is 4.39 Å². The van der Waals surface area contributed by atoms with Gasteiger partial charge in [-0.2, -0.15) is 0 Å². The second-order valence-corrected chi connectivity index (χ2v) is 9.40. The molecule has 0 radical (unpaired) electrons. The Morgan fingerprint density at radius 3 is 2.39 bits per heavy atom. The standard InChI is InChI=1S/C25H35FN2/c1-16-11-22-13-20(18(3)26)8-9-21(22)14-23(16)24(28)10-7-19(12-17(2)27)15-25(4,5)6/h7-11,13-14,17-19,28H,12,15,27H2,1-6H3/b10-7-,28-24?. The highest BCUT2D eigenvalue weighted by molar-refractivity contribution is 6.09. The van der Waals surface area contributed by atoms with E-state index >= 15 is 0 Å². The lowest BCUT2D eigenvalue weighted by Gasteiger charge is -2.25. The van der Waals surface area contributed by atoms with E-state index < -0.39 is 6.17 Å². The third-order valence-electron chi connectivity index (χ3n) is 5.04. The Hall–Kier alpha value is -2.00. The molecule has 3 atom stereocenters. The lowest BCUT2D eigenvalue weighted by Crippen LogP contribution is -2.22. The second-order valence-electron chi connectivity index (χ2n) is 9.40. The van der Waals surface area contributed by atoms with Gasteiger partial charge in [0, 0.05) is 11.6 Å². The van der Waals surface area contributed by atoms with Crippen molar-refractivity contribution in [2.24, 2.45) is 17.1 Å². The molecule has 0 saturated heterocycles. The molecule has 0 fully saturated rings. The first-order valence-electron chi connectivity index (χ1n) is 10.2. The number of benzene rings is 2. The van der Waals surface area contributed by atoms with Crippen LogP contribution in [0.5, 0.6) is 0 Å². The number of nitrogens with two attached hydrogens (primary N) is 1. The average molecular weight is 383 g/mol. The van der Waals surface area contributed by atoms with Crippen molar-refractivity contribution in [1.29, 1.82) is 5.41 Å². The van der Waals surface area contributed by atoms with Gasteiger partial charge in [0.15, 0.2) is 0 Å². The second kappa shape index (κ2) is 9.00. The predicted octanol–water partition coefficient (Wildman–Crippen LogP) is 6.89. The molecule has 3 unspecified atom stereocenters. The molecule has 0 aromatic heterocycles. The molecule has 2 rings (SSSR count). The van der Waals surface area contributed by atoms with E-state index in [1.54, 1.807) is 6.92 Å². The lowest BCUT2D eigenvalue weighted by atomic mass is 9.81. The summed E-state index contributed by atoms with van der Waals surface area (Å²) in [5.74, 6) is 0.356. The predicted molar refractivity (Wildman–Crippen MR) is 120 cm³/mol. The average Bonchev–Trinajstić information content (AvgIpc) is 2.56. The molecule has 0 saturated carbocycles. The van der Waals surface area contributed by atoms with Crippen LogP contribution in [0.2, 0.25) is 0 Å². The van der Waals surface area contributed by atoms with Crippen molar-refractivity contribution in [3.63, 3.8) is 0 Å². The number of allylic oxidation sites excluding steroid dienone is 2. The highest BCUT2D eigenvalue weighted by atomic mass is 19.1. The molecule has 0 spiro atoms. The number of fused-ring (bicyclic) bond motifs is 1. The maximum Gasteiger partial charge on any atom is 0.122 e. The topological polar surface area (TPSA) is 49.9 Å². The molecule has 0 aliphatic carbocycles. The van der Waals surface area contributed by atoms with E-state index in [1.807, 2.05) is 50.3 Å². The summed E-state index contributed by atoms with van der Waals surface area (Å²) in [5, 5.41) is 10.6. The van der Waals surface area contributed by atoms with Crippen LogP contribution < -0.4 is 5.73 Å². The number of halogens is 1. The Bertz CT molecular complexity index is 857. The van der Waals surface area contributed by atoms with Crippen molar-refractivity contribution in [2.75, 3.05) is 0 Å². The maximum atomic E-state index is 13.6. The van der Waals surface area contributed by atoms with Crippen LogP contribution in [0.1, 0.15) is 70.3 Å². The van der Waals surface area contributed by atoms with Crippen LogP contribution in [0.4, 0.5) is 4.39 Å². The van der Waals surface area contributed by atoms with Crippen LogP contribution in [0.15, 0.2) is 42.5 Å². The van der Waals surface area contributed by atoms with E-state index in [2.05, 4.69) is 26.8 Å². The summed E-state index contributed by atoms with van der Waals surface area (Å²) in [6.07, 6.45) is 5.05. The Kier molecular flexibility index (Phi) is 7.16. The number of hydrogen-bond acceptors (Lipinski definition) is 2. The molecule has 0 amide bonds. The molecule has 28 heavy (non-hydrogen) atoms. The summed E-state index contributed by atoms with van der Waals surface area (Å²) >= 11 is 0. The van der Waals surface area contributed by atoms with Gasteiger partial charge in [0.2, 0.25) is 0 Å². The Labute approximate surface area is 169 Å². The van der Waals surface area contributed by atoms with Gasteiger partial charge in [-0.25, -0.2) is 4.39 Å². The molecule has 3 N–H and O–H groups in total. The molecule has 152 valence electrons. The van der Waals surface area contributed by atoms with Crippen molar-refractivity contribution in [3.8, 4) is 0 Å². The fourth-order valence-electron chi connectivity index (χ4n) is 3.78. The molecular weight excluding hydrogens is 347 g/mol. The Morgan fingerprint density at radius 2 is 1.82 bits per heavy atom. The molecule has 0 heterocycles. The first kappa shape index (κ1) is 22.3. The van der Waals surface area contributed by atoms with E-state index in [0.29, 0.717) is 17.2 Å². The van der Waals surface area contributed by atoms with Crippen LogP contribution in [-0.4, -0.2) is 11.8 Å². The number of alkyl halides is 1. The summed E-state index contributed by atoms with van der Waals surface area (Å²) in [4.78, 5) is 0. The van der Waals surface area contributed by atoms with Crippen molar-refractivity contribution in [3.05, 3.63) is 59.2 Å². The van der Waals surface area contributed by atoms with E-state index in [0.717, 1.165) is 34.7 Å². The molecule has 2 aromatic rings. The molecular formula is C25H35FN2. The van der Waals surface area contributed by atoms with Gasteiger partial charge in [-0.15, -0.1) is 0 Å². The van der Waals surface area contributed by atoms with Gasteiger partial charge in [0.1, 0.15) is 6.17 Å². The van der Waals surface area contributed by atoms with Gasteiger partial charge in [0.25, 0.3) is 0 Å². The van der Waals surface area contributed by atoms with Crippen LogP contribution >= 0.6 is 0 Å². The minimum absolute atomic E-state index is 0.140. The van der Waals surface area contributed by atoms with Crippen LogP contribution in [0.25, 0.3) is 10.8 Å². The first-order valence-corrected chi connectivity index (χ1v) is 10.2. The smallest absolute Gasteiger partial charge is 0.122 e. The number of rotatable bonds is 7. The van der Waals surface area contributed by atoms with Gasteiger partial charge < -0.3 is 11.1 Å². The normalized spacial score (nSPS) is 15.7. The third kappa shape index (κ3) is 6.27. The first-order chi connectivity index (χ1) is 13.0. The highest BCUT2D eigenvalue weighted by Crippen LogP contribution is 2.29. The summed E-state index contributed by atoms with van der Waals surface area (Å²) in [5.41, 5.74) is 9.40. The lowest BCUT2D eigenvalue weighted by molar-refractivity contribution is 0.308. The monoisotopic (exact) mass is 382 g/mol. The molecule has 0 aliphatic rings. The van der Waals surface area contributed by atoms with E-state index in [4.69, 9.17) is 11.1 Å². The largest absolute Gasteiger partial charge is 0.328 e. The van der Waals surface area contributed by atoms with E-state index in [-0.39, 0.29) is 11.5 Å². The quantitative estimate of drug-likeness (QED) is 0.503. The van der Waals surface area contributed by atoms with Gasteiger partial charge in [0.05, 0.1) is 5.71 Å². The van der Waals surface area contributed by atoms with Crippen LogP contribution in [0, 0.1) is 23.7 Å². The van der Waals surface area contributed by atoms with Crippen molar-refractivity contribution in [2.45, 2.75) is 66.6 Å². The SMILES string of the molecule is Cc1cc2cc(C(C)F)ccc2cc1C(=N)/C=C\C(CC(C)N)CC(C)(C)C. The zero-order valence-electron chi connectivity index (χ0n) is 18.1. The van der Waals surface area contributed by atoms with Crippen LogP contribution in [0.3, 0.4) is 0 Å². The van der Waals surface area contributed by atoms with Gasteiger partial charge in [-0.05, 0) is 85.1 Å². The maximum absolute atomic E-state index is 13.6. The van der Waals surface area contributed by atoms with Crippen molar-refractivity contribution in [1.82, 2.24) is 0 Å². The minimum Gasteiger partial charge on any atom is -0.328 e. The summed E-state index contributed by atoms with van der Waals surface area (Å²) in [6, 6.07) is 9.90. The number of aryl methyl sites for hydroxylation is 1. The third-order valence-corrected chi connectivity index (χ3v) is 5.04. The van der Waals surface area contributed by atoms with Crippen LogP contribution in [-0.2, 0) is 0 Å². The fourth-order valence-corrected chi connectivity index (χ4v) is 3.78. The minimum atomic E-state index is -0.977. The molecule has 2 aromatic carbocycles. The van der Waals surface area contributed by atoms with Crippen molar-refractivity contribution < 1.29 is 4.39 Å². The molecule has 0 aliphatic heterocycles. The number of hydrogen-bond donors (Lipinski definition) is 2. The summed E-state index contributed by atoms with van der Waals surface area (Å²) in [7, 11) is 0. The zero-order chi connectivity index (χ0) is 21.1. The van der Waals surface area contributed by atoms with Crippen molar-refractivity contribution >= 4 is 16.5 Å². The Morgan fingerprint density at radius 1 is 1.14 bits per heavy atom. The molecule has 2 nitrogen and oxygen atoms in total. The van der Waals surface area contributed by atoms with E-state index in [1.165, 1.54) is 0 Å². The molecule has 3 heteroatoms. The molecule has 0 bridgehead atoms. The fraction of sp³-hybridized carbons (Fsp3) is 0.480. The highest BCUT2D eigenvalue weighted by Gasteiger charge is 2.18. The summed E-state index contributed by atoms with van der Waals surface area (Å²) < 4.78 is 13.6.